The Labute approximate surface area is 226 Å². The fraction of sp³-hybridized carbons (Fsp3) is 0.480. The van der Waals surface area contributed by atoms with Crippen molar-refractivity contribution in [3.63, 3.8) is 0 Å². The van der Waals surface area contributed by atoms with Crippen molar-refractivity contribution >= 4 is 43.2 Å². The lowest BCUT2D eigenvalue weighted by molar-refractivity contribution is -0.228. The van der Waals surface area contributed by atoms with Gasteiger partial charge in [-0.05, 0) is 30.5 Å². The van der Waals surface area contributed by atoms with Crippen molar-refractivity contribution in [1.29, 1.82) is 0 Å². The van der Waals surface area contributed by atoms with Crippen LogP contribution >= 0.6 is 7.82 Å². The molecule has 1 aromatic rings. The normalized spacial score (nSPS) is 15.1. The fourth-order valence-corrected chi connectivity index (χ4v) is 3.98. The number of phosphoric ester groups is 1. The van der Waals surface area contributed by atoms with Crippen molar-refractivity contribution < 1.29 is 52.0 Å². The van der Waals surface area contributed by atoms with Crippen molar-refractivity contribution in [3.05, 3.63) is 42.0 Å². The summed E-state index contributed by atoms with van der Waals surface area (Å²) in [5.41, 5.74) is 1.38. The van der Waals surface area contributed by atoms with Crippen LogP contribution < -0.4 is 15.1 Å². The molecule has 0 fully saturated rings. The maximum Gasteiger partial charge on any atom is 0.305 e. The smallest absolute Gasteiger partial charge is 0.305 e. The number of amides is 3. The molecule has 1 aromatic carbocycles. The molecule has 0 bridgehead atoms. The highest BCUT2D eigenvalue weighted by molar-refractivity contribution is 7.45. The molecule has 0 saturated heterocycles. The molecule has 14 heteroatoms. The number of carbonyl (C=O) groups excluding carboxylic acids is 5. The van der Waals surface area contributed by atoms with E-state index in [2.05, 4.69) is 5.32 Å². The minimum atomic E-state index is -4.78. The highest BCUT2D eigenvalue weighted by Gasteiger charge is 2.25. The summed E-state index contributed by atoms with van der Waals surface area (Å²) in [5, 5.41) is 2.54. The van der Waals surface area contributed by atoms with Gasteiger partial charge in [-0.1, -0.05) is 26.0 Å². The predicted molar refractivity (Wildman–Crippen MR) is 135 cm³/mol. The number of imide groups is 1. The zero-order valence-corrected chi connectivity index (χ0v) is 22.7. The average molecular weight is 568 g/mol. The number of phosphoric acid groups is 1. The van der Waals surface area contributed by atoms with E-state index in [1.165, 1.54) is 12.2 Å². The van der Waals surface area contributed by atoms with Gasteiger partial charge in [0.2, 0.25) is 5.91 Å². The number of nitrogens with zero attached hydrogens (tertiary/aromatic N) is 1. The summed E-state index contributed by atoms with van der Waals surface area (Å²) in [7, 11) is -4.78. The predicted octanol–water partition coefficient (Wildman–Crippen LogP) is 1.33. The molecule has 0 spiro atoms. The lowest BCUT2D eigenvalue weighted by Crippen LogP contribution is -2.30. The van der Waals surface area contributed by atoms with Gasteiger partial charge in [0.15, 0.2) is 6.10 Å². The van der Waals surface area contributed by atoms with Crippen LogP contribution in [0.3, 0.4) is 0 Å². The molecule has 1 aliphatic rings. The van der Waals surface area contributed by atoms with Gasteiger partial charge in [0.1, 0.15) is 6.61 Å². The number of hydrogen-bond acceptors (Lipinski definition) is 11. The minimum Gasteiger partial charge on any atom is -0.756 e. The van der Waals surface area contributed by atoms with E-state index in [-0.39, 0.29) is 44.9 Å². The maximum atomic E-state index is 12.0. The molecule has 2 rings (SSSR count). The van der Waals surface area contributed by atoms with Gasteiger partial charge in [0, 0.05) is 38.0 Å². The van der Waals surface area contributed by atoms with Crippen LogP contribution in [-0.4, -0.2) is 62.1 Å². The summed E-state index contributed by atoms with van der Waals surface area (Å²) in [6, 6.07) is 6.86. The molecule has 0 saturated carbocycles. The molecule has 2 unspecified atom stereocenters. The molecule has 1 aliphatic heterocycles. The van der Waals surface area contributed by atoms with E-state index in [4.69, 9.17) is 18.5 Å². The summed E-state index contributed by atoms with van der Waals surface area (Å²) < 4.78 is 31.3. The third-order valence-corrected chi connectivity index (χ3v) is 6.24. The van der Waals surface area contributed by atoms with E-state index in [1.807, 2.05) is 0 Å². The monoisotopic (exact) mass is 567 g/mol. The third-order valence-electron chi connectivity index (χ3n) is 5.27. The first-order valence-corrected chi connectivity index (χ1v) is 13.9. The number of rotatable bonds is 17. The molecule has 39 heavy (non-hydrogen) atoms. The lowest BCUT2D eigenvalue weighted by Gasteiger charge is -2.25. The molecule has 1 N–H and O–H groups in total. The van der Waals surface area contributed by atoms with Gasteiger partial charge in [-0.25, -0.2) is 4.90 Å². The van der Waals surface area contributed by atoms with Crippen LogP contribution in [0.1, 0.15) is 45.1 Å². The second-order valence-corrected chi connectivity index (χ2v) is 9.70. The van der Waals surface area contributed by atoms with Gasteiger partial charge in [-0.2, -0.15) is 0 Å². The van der Waals surface area contributed by atoms with Gasteiger partial charge >= 0.3 is 11.9 Å². The van der Waals surface area contributed by atoms with Crippen LogP contribution in [-0.2, 0) is 53.5 Å². The Hall–Kier alpha value is -3.38. The molecule has 0 radical (unpaired) electrons. The van der Waals surface area contributed by atoms with Crippen molar-refractivity contribution in [3.8, 4) is 0 Å². The molecule has 3 amide bonds. The SMILES string of the molecule is CCC(=O)OCC(COP(=O)([O-])OCCNC(=O)CCCc1ccc(N2C(=O)C=CC2=O)cc1)OC(=O)CC. The average Bonchev–Trinajstić information content (AvgIpc) is 3.25. The summed E-state index contributed by atoms with van der Waals surface area (Å²) in [6.07, 6.45) is 2.69. The van der Waals surface area contributed by atoms with Crippen LogP contribution in [0.2, 0.25) is 0 Å². The van der Waals surface area contributed by atoms with E-state index in [9.17, 15) is 33.4 Å². The first kappa shape index (κ1) is 31.8. The minimum absolute atomic E-state index is 0.0384. The Morgan fingerprint density at radius 2 is 1.62 bits per heavy atom. The van der Waals surface area contributed by atoms with Crippen molar-refractivity contribution in [2.75, 3.05) is 31.3 Å². The van der Waals surface area contributed by atoms with Gasteiger partial charge in [-0.15, -0.1) is 0 Å². The summed E-state index contributed by atoms with van der Waals surface area (Å²) >= 11 is 0. The van der Waals surface area contributed by atoms with Gasteiger partial charge in [0.25, 0.3) is 19.6 Å². The largest absolute Gasteiger partial charge is 0.756 e. The molecule has 13 nitrogen and oxygen atoms in total. The number of nitrogens with one attached hydrogen (secondary N) is 1. The van der Waals surface area contributed by atoms with Crippen molar-refractivity contribution in [2.45, 2.75) is 52.1 Å². The highest BCUT2D eigenvalue weighted by Crippen LogP contribution is 2.38. The summed E-state index contributed by atoms with van der Waals surface area (Å²) in [6.45, 7) is 1.70. The van der Waals surface area contributed by atoms with Gasteiger partial charge in [0.05, 0.1) is 18.9 Å². The van der Waals surface area contributed by atoms with Crippen molar-refractivity contribution in [2.24, 2.45) is 0 Å². The van der Waals surface area contributed by atoms with E-state index >= 15 is 0 Å². The highest BCUT2D eigenvalue weighted by atomic mass is 31.2. The first-order valence-electron chi connectivity index (χ1n) is 12.4. The number of benzene rings is 1. The molecule has 1 heterocycles. The zero-order chi connectivity index (χ0) is 28.8. The Morgan fingerprint density at radius 3 is 2.23 bits per heavy atom. The molecule has 214 valence electrons. The second-order valence-electron chi connectivity index (χ2n) is 8.29. The number of esters is 2. The van der Waals surface area contributed by atoms with Crippen LogP contribution in [0.15, 0.2) is 36.4 Å². The number of hydrogen-bond donors (Lipinski definition) is 1. The number of ether oxygens (including phenoxy) is 2. The Bertz CT molecular complexity index is 1090. The quantitative estimate of drug-likeness (QED) is 0.124. The topological polar surface area (TPSA) is 178 Å². The molecular weight excluding hydrogens is 535 g/mol. The molecule has 0 aliphatic carbocycles. The van der Waals surface area contributed by atoms with E-state index < -0.39 is 44.3 Å². The fourth-order valence-electron chi connectivity index (χ4n) is 3.24. The second kappa shape index (κ2) is 15.9. The standard InChI is InChI=1S/C25H33N2O11P/c1-3-24(31)35-16-20(38-25(32)4-2)17-37-39(33,34)36-15-14-26-21(28)7-5-6-18-8-10-19(11-9-18)27-22(29)12-13-23(27)30/h8-13,20H,3-7,14-17H2,1-2H3,(H,26,28)(H,33,34)/p-1. The summed E-state index contributed by atoms with van der Waals surface area (Å²) in [4.78, 5) is 71.4. The van der Waals surface area contributed by atoms with Crippen LogP contribution in [0.25, 0.3) is 0 Å². The summed E-state index contributed by atoms with van der Waals surface area (Å²) in [5.74, 6) is -2.27. The number of aryl methyl sites for hydroxylation is 1. The molecular formula is C25H32N2O11P-. The van der Waals surface area contributed by atoms with E-state index in [0.717, 1.165) is 10.5 Å². The zero-order valence-electron chi connectivity index (χ0n) is 21.8. The van der Waals surface area contributed by atoms with Crippen LogP contribution in [0.4, 0.5) is 5.69 Å². The number of anilines is 1. The van der Waals surface area contributed by atoms with E-state index in [1.54, 1.807) is 38.1 Å². The van der Waals surface area contributed by atoms with E-state index in [0.29, 0.717) is 18.5 Å². The van der Waals surface area contributed by atoms with Crippen LogP contribution in [0.5, 0.6) is 0 Å². The first-order chi connectivity index (χ1) is 18.5. The number of carbonyl (C=O) groups is 5. The molecule has 0 aromatic heterocycles. The Kier molecular flexibility index (Phi) is 13.0. The Balaban J connectivity index is 1.65. The van der Waals surface area contributed by atoms with Crippen molar-refractivity contribution in [1.82, 2.24) is 5.32 Å². The van der Waals surface area contributed by atoms with Crippen LogP contribution in [0, 0.1) is 0 Å². The van der Waals surface area contributed by atoms with Gasteiger partial charge in [-0.3, -0.25) is 28.5 Å². The Morgan fingerprint density at radius 1 is 0.974 bits per heavy atom. The maximum absolute atomic E-state index is 12.0. The molecule has 2 atom stereocenters. The lowest BCUT2D eigenvalue weighted by atomic mass is 10.1. The van der Waals surface area contributed by atoms with Gasteiger partial charge < -0.3 is 28.7 Å². The third kappa shape index (κ3) is 11.5.